The number of ether oxygens (including phenoxy) is 1. The second kappa shape index (κ2) is 6.68. The molecule has 1 aromatic carbocycles. The number of nitrogens with zero attached hydrogens (tertiary/aromatic N) is 1. The van der Waals surface area contributed by atoms with Crippen molar-refractivity contribution in [2.45, 2.75) is 6.10 Å². The molecule has 0 spiro atoms. The maximum Gasteiger partial charge on any atom is 0.356 e. The average Bonchev–Trinajstić information content (AvgIpc) is 2.53. The van der Waals surface area contributed by atoms with Crippen LogP contribution in [0, 0.1) is 0 Å². The number of benzene rings is 1. The van der Waals surface area contributed by atoms with Gasteiger partial charge in [-0.05, 0) is 17.7 Å². The first kappa shape index (κ1) is 14.0. The van der Waals surface area contributed by atoms with E-state index >= 15 is 0 Å². The van der Waals surface area contributed by atoms with E-state index in [1.165, 1.54) is 13.3 Å². The number of anilines is 1. The van der Waals surface area contributed by atoms with Crippen LogP contribution in [0.3, 0.4) is 0 Å². The van der Waals surface area contributed by atoms with Crippen LogP contribution in [0.25, 0.3) is 0 Å². The molecular formula is C15H16N2O3. The Labute approximate surface area is 117 Å². The minimum Gasteiger partial charge on any atom is -0.464 e. The predicted molar refractivity (Wildman–Crippen MR) is 75.5 cm³/mol. The number of methoxy groups -OCH3 is 1. The summed E-state index contributed by atoms with van der Waals surface area (Å²) in [7, 11) is 1.31. The molecule has 0 fully saturated rings. The first-order valence-corrected chi connectivity index (χ1v) is 6.22. The molecule has 20 heavy (non-hydrogen) atoms. The van der Waals surface area contributed by atoms with E-state index in [0.717, 1.165) is 5.56 Å². The maximum absolute atomic E-state index is 11.4. The molecule has 2 aromatic rings. The molecule has 0 aliphatic rings. The largest absolute Gasteiger partial charge is 0.464 e. The fourth-order valence-corrected chi connectivity index (χ4v) is 1.76. The lowest BCUT2D eigenvalue weighted by atomic mass is 10.1. The molecule has 2 N–H and O–H groups in total. The van der Waals surface area contributed by atoms with Crippen molar-refractivity contribution in [1.29, 1.82) is 0 Å². The van der Waals surface area contributed by atoms with E-state index < -0.39 is 12.1 Å². The number of carbonyl (C=O) groups excluding carboxylic acids is 1. The lowest BCUT2D eigenvalue weighted by Gasteiger charge is -2.13. The number of hydrogen-bond acceptors (Lipinski definition) is 5. The molecule has 0 saturated heterocycles. The number of aliphatic hydroxyl groups excluding tert-OH is 1. The lowest BCUT2D eigenvalue weighted by molar-refractivity contribution is 0.0594. The number of carbonyl (C=O) groups is 1. The molecule has 0 saturated carbocycles. The minimum absolute atomic E-state index is 0.228. The fraction of sp³-hybridized carbons (Fsp3) is 0.200. The fourth-order valence-electron chi connectivity index (χ4n) is 1.76. The summed E-state index contributed by atoms with van der Waals surface area (Å²) < 4.78 is 4.61. The highest BCUT2D eigenvalue weighted by Gasteiger charge is 2.09. The Hall–Kier alpha value is -2.40. The molecule has 2 rings (SSSR count). The van der Waals surface area contributed by atoms with Crippen molar-refractivity contribution in [3.05, 3.63) is 59.9 Å². The van der Waals surface area contributed by atoms with E-state index in [1.54, 1.807) is 12.1 Å². The molecule has 1 heterocycles. The van der Waals surface area contributed by atoms with E-state index in [-0.39, 0.29) is 5.69 Å². The second-order valence-electron chi connectivity index (χ2n) is 4.23. The van der Waals surface area contributed by atoms with Gasteiger partial charge in [0.2, 0.25) is 0 Å². The van der Waals surface area contributed by atoms with Crippen LogP contribution in [0.4, 0.5) is 5.69 Å². The Bertz CT molecular complexity index is 572. The summed E-state index contributed by atoms with van der Waals surface area (Å²) in [5, 5.41) is 13.1. The van der Waals surface area contributed by atoms with Crippen molar-refractivity contribution in [3.8, 4) is 0 Å². The summed E-state index contributed by atoms with van der Waals surface area (Å²) >= 11 is 0. The highest BCUT2D eigenvalue weighted by molar-refractivity contribution is 5.88. The molecule has 5 nitrogen and oxygen atoms in total. The predicted octanol–water partition coefficient (Wildman–Crippen LogP) is 2.01. The monoisotopic (exact) mass is 272 g/mol. The lowest BCUT2D eigenvalue weighted by Crippen LogP contribution is -2.13. The molecule has 0 radical (unpaired) electrons. The van der Waals surface area contributed by atoms with Crippen molar-refractivity contribution < 1.29 is 14.6 Å². The van der Waals surface area contributed by atoms with Gasteiger partial charge in [0.1, 0.15) is 5.69 Å². The zero-order valence-corrected chi connectivity index (χ0v) is 11.1. The average molecular weight is 272 g/mol. The third kappa shape index (κ3) is 3.55. The van der Waals surface area contributed by atoms with E-state index in [4.69, 9.17) is 0 Å². The van der Waals surface area contributed by atoms with Gasteiger partial charge in [-0.15, -0.1) is 0 Å². The zero-order chi connectivity index (χ0) is 14.4. The Balaban J connectivity index is 1.99. The van der Waals surface area contributed by atoms with E-state index in [0.29, 0.717) is 12.2 Å². The zero-order valence-electron chi connectivity index (χ0n) is 11.1. The third-order valence-corrected chi connectivity index (χ3v) is 2.84. The van der Waals surface area contributed by atoms with Gasteiger partial charge in [0, 0.05) is 18.4 Å². The maximum atomic E-state index is 11.4. The summed E-state index contributed by atoms with van der Waals surface area (Å²) in [4.78, 5) is 15.3. The highest BCUT2D eigenvalue weighted by Crippen LogP contribution is 2.14. The molecule has 1 unspecified atom stereocenters. The smallest absolute Gasteiger partial charge is 0.356 e. The van der Waals surface area contributed by atoms with Crippen LogP contribution in [0.15, 0.2) is 48.7 Å². The Morgan fingerprint density at radius 3 is 2.80 bits per heavy atom. The van der Waals surface area contributed by atoms with Crippen molar-refractivity contribution in [3.63, 3.8) is 0 Å². The molecule has 0 bridgehead atoms. The van der Waals surface area contributed by atoms with E-state index in [1.807, 2.05) is 30.3 Å². The van der Waals surface area contributed by atoms with Gasteiger partial charge in [-0.1, -0.05) is 30.3 Å². The molecule has 5 heteroatoms. The Morgan fingerprint density at radius 2 is 2.10 bits per heavy atom. The Morgan fingerprint density at radius 1 is 1.35 bits per heavy atom. The molecule has 0 amide bonds. The van der Waals surface area contributed by atoms with Crippen molar-refractivity contribution in [1.82, 2.24) is 4.98 Å². The quantitative estimate of drug-likeness (QED) is 0.815. The number of esters is 1. The Kier molecular flexibility index (Phi) is 4.68. The second-order valence-corrected chi connectivity index (χ2v) is 4.23. The molecule has 0 aliphatic carbocycles. The number of rotatable bonds is 5. The van der Waals surface area contributed by atoms with Gasteiger partial charge in [0.25, 0.3) is 0 Å². The van der Waals surface area contributed by atoms with Crippen LogP contribution < -0.4 is 5.32 Å². The molecular weight excluding hydrogens is 256 g/mol. The van der Waals surface area contributed by atoms with E-state index in [9.17, 15) is 9.90 Å². The van der Waals surface area contributed by atoms with Gasteiger partial charge in [-0.3, -0.25) is 0 Å². The number of pyridine rings is 1. The minimum atomic E-state index is -0.619. The number of hydrogen-bond donors (Lipinski definition) is 2. The summed E-state index contributed by atoms with van der Waals surface area (Å²) in [6.45, 7) is 0.342. The van der Waals surface area contributed by atoms with Crippen molar-refractivity contribution in [2.75, 3.05) is 19.0 Å². The van der Waals surface area contributed by atoms with Crippen molar-refractivity contribution in [2.24, 2.45) is 0 Å². The molecule has 1 atom stereocenters. The van der Waals surface area contributed by atoms with Crippen LogP contribution >= 0.6 is 0 Å². The van der Waals surface area contributed by atoms with Crippen LogP contribution in [-0.2, 0) is 4.74 Å². The van der Waals surface area contributed by atoms with Crippen LogP contribution in [0.2, 0.25) is 0 Å². The van der Waals surface area contributed by atoms with Gasteiger partial charge >= 0.3 is 5.97 Å². The van der Waals surface area contributed by atoms with E-state index in [2.05, 4.69) is 15.0 Å². The van der Waals surface area contributed by atoms with Crippen LogP contribution in [-0.4, -0.2) is 29.7 Å². The highest BCUT2D eigenvalue weighted by atomic mass is 16.5. The van der Waals surface area contributed by atoms with Crippen LogP contribution in [0.5, 0.6) is 0 Å². The molecule has 104 valence electrons. The van der Waals surface area contributed by atoms with Crippen molar-refractivity contribution >= 4 is 11.7 Å². The van der Waals surface area contributed by atoms with Gasteiger partial charge in [0.15, 0.2) is 0 Å². The number of aliphatic hydroxyl groups is 1. The standard InChI is InChI=1S/C15H16N2O3/c1-20-15(19)13-9-12(7-8-16-13)17-10-14(18)11-5-3-2-4-6-11/h2-9,14,18H,10H2,1H3,(H,16,17). The third-order valence-electron chi connectivity index (χ3n) is 2.84. The summed E-state index contributed by atoms with van der Waals surface area (Å²) in [5.74, 6) is -0.489. The van der Waals surface area contributed by atoms with Gasteiger partial charge in [0.05, 0.1) is 13.2 Å². The number of nitrogens with one attached hydrogen (secondary N) is 1. The first-order chi connectivity index (χ1) is 9.70. The SMILES string of the molecule is COC(=O)c1cc(NCC(O)c2ccccc2)ccn1. The van der Waals surface area contributed by atoms with Crippen LogP contribution in [0.1, 0.15) is 22.2 Å². The normalized spacial score (nSPS) is 11.7. The summed E-state index contributed by atoms with van der Waals surface area (Å²) in [6.07, 6.45) is 0.898. The van der Waals surface area contributed by atoms with Gasteiger partial charge < -0.3 is 15.2 Å². The number of aromatic nitrogens is 1. The first-order valence-electron chi connectivity index (χ1n) is 6.22. The molecule has 1 aromatic heterocycles. The van der Waals surface area contributed by atoms with Gasteiger partial charge in [-0.2, -0.15) is 0 Å². The van der Waals surface area contributed by atoms with Gasteiger partial charge in [-0.25, -0.2) is 9.78 Å². The topological polar surface area (TPSA) is 71.5 Å². The summed E-state index contributed by atoms with van der Waals surface area (Å²) in [5.41, 5.74) is 1.77. The molecule has 0 aliphatic heterocycles. The summed E-state index contributed by atoms with van der Waals surface area (Å²) in [6, 6.07) is 12.7.